The van der Waals surface area contributed by atoms with Crippen LogP contribution in [0.15, 0.2) is 47.7 Å². The van der Waals surface area contributed by atoms with Crippen LogP contribution in [0, 0.1) is 5.92 Å². The number of nitrogens with zero attached hydrogens (tertiary/aromatic N) is 3. The predicted octanol–water partition coefficient (Wildman–Crippen LogP) is 2.66. The Bertz CT molecular complexity index is 827. The number of aliphatic imine (C=N–C) groups is 1. The molecule has 3 N–H and O–H groups in total. The van der Waals surface area contributed by atoms with Crippen molar-refractivity contribution in [1.29, 1.82) is 0 Å². The summed E-state index contributed by atoms with van der Waals surface area (Å²) >= 11 is 0. The minimum Gasteiger partial charge on any atom is -0.490 e. The molecule has 3 heterocycles. The first-order valence-electron chi connectivity index (χ1n) is 9.77. The highest BCUT2D eigenvalue weighted by Gasteiger charge is 2.32. The van der Waals surface area contributed by atoms with Crippen molar-refractivity contribution in [2.45, 2.75) is 18.9 Å². The quantitative estimate of drug-likeness (QED) is 0.626. The third kappa shape index (κ3) is 4.20. The smallest absolute Gasteiger partial charge is 0.193 e. The monoisotopic (exact) mass is 381 g/mol. The van der Waals surface area contributed by atoms with Crippen molar-refractivity contribution in [3.8, 4) is 11.5 Å². The van der Waals surface area contributed by atoms with E-state index < -0.39 is 0 Å². The molecule has 1 aromatic carbocycles. The van der Waals surface area contributed by atoms with Gasteiger partial charge in [0.25, 0.3) is 0 Å². The van der Waals surface area contributed by atoms with Gasteiger partial charge in [-0.05, 0) is 49.7 Å². The molecule has 0 radical (unpaired) electrons. The molecular formula is C21H27N5O2. The van der Waals surface area contributed by atoms with Crippen molar-refractivity contribution in [3.63, 3.8) is 0 Å². The molecule has 2 aromatic rings. The Morgan fingerprint density at radius 3 is 2.96 bits per heavy atom. The van der Waals surface area contributed by atoms with Crippen LogP contribution in [-0.2, 0) is 0 Å². The van der Waals surface area contributed by atoms with Crippen molar-refractivity contribution in [2.24, 2.45) is 16.6 Å². The van der Waals surface area contributed by atoms with E-state index in [9.17, 15) is 0 Å². The molecule has 148 valence electrons. The normalized spacial score (nSPS) is 22.7. The maximum atomic E-state index is 6.15. The Labute approximate surface area is 165 Å². The summed E-state index contributed by atoms with van der Waals surface area (Å²) in [4.78, 5) is 11.2. The van der Waals surface area contributed by atoms with E-state index in [-0.39, 0.29) is 0 Å². The van der Waals surface area contributed by atoms with Crippen molar-refractivity contribution in [1.82, 2.24) is 9.88 Å². The van der Waals surface area contributed by atoms with Crippen LogP contribution in [0.25, 0.3) is 0 Å². The number of likely N-dealkylation sites (tertiary alicyclic amines) is 1. The van der Waals surface area contributed by atoms with Gasteiger partial charge in [-0.1, -0.05) is 6.07 Å². The zero-order chi connectivity index (χ0) is 19.3. The van der Waals surface area contributed by atoms with E-state index in [1.54, 1.807) is 0 Å². The van der Waals surface area contributed by atoms with Crippen LogP contribution in [0.4, 0.5) is 5.69 Å². The lowest BCUT2D eigenvalue weighted by molar-refractivity contribution is 0.279. The average Bonchev–Trinajstić information content (AvgIpc) is 2.92. The summed E-state index contributed by atoms with van der Waals surface area (Å²) in [7, 11) is 2.15. The van der Waals surface area contributed by atoms with E-state index in [1.807, 2.05) is 36.7 Å². The second-order valence-corrected chi connectivity index (χ2v) is 7.32. The molecule has 0 bridgehead atoms. The molecule has 28 heavy (non-hydrogen) atoms. The van der Waals surface area contributed by atoms with E-state index in [0.29, 0.717) is 37.7 Å². The van der Waals surface area contributed by atoms with Crippen LogP contribution >= 0.6 is 0 Å². The van der Waals surface area contributed by atoms with Gasteiger partial charge in [0, 0.05) is 43.2 Å². The molecule has 2 aliphatic heterocycles. The third-order valence-electron chi connectivity index (χ3n) is 5.32. The Morgan fingerprint density at radius 2 is 2.14 bits per heavy atom. The second-order valence-electron chi connectivity index (χ2n) is 7.32. The first-order valence-corrected chi connectivity index (χ1v) is 9.77. The molecule has 2 aliphatic rings. The van der Waals surface area contributed by atoms with E-state index in [2.05, 4.69) is 33.3 Å². The second kappa shape index (κ2) is 8.48. The van der Waals surface area contributed by atoms with Gasteiger partial charge >= 0.3 is 0 Å². The topological polar surface area (TPSA) is 85.0 Å². The lowest BCUT2D eigenvalue weighted by Gasteiger charge is -2.24. The highest BCUT2D eigenvalue weighted by Crippen LogP contribution is 2.36. The minimum absolute atomic E-state index is 0.322. The number of hydrogen-bond donors (Lipinski definition) is 2. The molecule has 1 fully saturated rings. The number of rotatable bonds is 4. The van der Waals surface area contributed by atoms with Gasteiger partial charge in [-0.3, -0.25) is 14.9 Å². The molecule has 7 heteroatoms. The molecule has 1 aromatic heterocycles. The lowest BCUT2D eigenvalue weighted by atomic mass is 9.95. The first kappa shape index (κ1) is 18.6. The Balaban J connectivity index is 1.41. The summed E-state index contributed by atoms with van der Waals surface area (Å²) in [6.45, 7) is 3.06. The summed E-state index contributed by atoms with van der Waals surface area (Å²) in [6.07, 6.45) is 5.73. The van der Waals surface area contributed by atoms with Crippen molar-refractivity contribution >= 4 is 11.6 Å². The van der Waals surface area contributed by atoms with Crippen molar-refractivity contribution in [2.75, 3.05) is 38.7 Å². The van der Waals surface area contributed by atoms with Gasteiger partial charge in [-0.25, -0.2) is 0 Å². The van der Waals surface area contributed by atoms with Crippen LogP contribution in [0.1, 0.15) is 24.4 Å². The Morgan fingerprint density at radius 1 is 1.29 bits per heavy atom. The molecule has 0 saturated carbocycles. The number of guanidine groups is 1. The molecule has 0 amide bonds. The number of anilines is 1. The summed E-state index contributed by atoms with van der Waals surface area (Å²) in [5, 5.41) is 3.17. The van der Waals surface area contributed by atoms with Gasteiger partial charge in [0.2, 0.25) is 0 Å². The van der Waals surface area contributed by atoms with Gasteiger partial charge in [0.1, 0.15) is 0 Å². The van der Waals surface area contributed by atoms with Crippen LogP contribution in [0.2, 0.25) is 0 Å². The van der Waals surface area contributed by atoms with Gasteiger partial charge in [-0.15, -0.1) is 0 Å². The molecular weight excluding hydrogens is 354 g/mol. The van der Waals surface area contributed by atoms with Crippen molar-refractivity contribution in [3.05, 3.63) is 48.3 Å². The van der Waals surface area contributed by atoms with Crippen molar-refractivity contribution < 1.29 is 9.47 Å². The highest BCUT2D eigenvalue weighted by molar-refractivity contribution is 5.92. The number of ether oxygens (including phenoxy) is 2. The van der Waals surface area contributed by atoms with Crippen LogP contribution in [-0.4, -0.2) is 49.2 Å². The predicted molar refractivity (Wildman–Crippen MR) is 110 cm³/mol. The first-order chi connectivity index (χ1) is 13.7. The summed E-state index contributed by atoms with van der Waals surface area (Å²) < 4.78 is 11.4. The lowest BCUT2D eigenvalue weighted by Crippen LogP contribution is -2.26. The minimum atomic E-state index is 0.322. The summed E-state index contributed by atoms with van der Waals surface area (Å²) in [5.74, 6) is 2.34. The number of pyridine rings is 1. The van der Waals surface area contributed by atoms with Gasteiger partial charge in [0.05, 0.1) is 13.2 Å². The highest BCUT2D eigenvalue weighted by atomic mass is 16.5. The van der Waals surface area contributed by atoms with E-state index in [4.69, 9.17) is 15.2 Å². The summed E-state index contributed by atoms with van der Waals surface area (Å²) in [6, 6.07) is 10.2. The fraction of sp³-hybridized carbons (Fsp3) is 0.429. The molecule has 1 saturated heterocycles. The molecule has 0 aliphatic carbocycles. The fourth-order valence-corrected chi connectivity index (χ4v) is 3.94. The molecule has 2 atom stereocenters. The SMILES string of the molecule is CN1CC[C@@H](CN=C(N)Nc2ccc3c(c2)OCCCO3)[C@@H]1c1cccnc1. The number of benzene rings is 1. The summed E-state index contributed by atoms with van der Waals surface area (Å²) in [5.41, 5.74) is 8.23. The zero-order valence-corrected chi connectivity index (χ0v) is 16.2. The van der Waals surface area contributed by atoms with Gasteiger partial charge < -0.3 is 20.5 Å². The zero-order valence-electron chi connectivity index (χ0n) is 16.2. The van der Waals surface area contributed by atoms with E-state index >= 15 is 0 Å². The number of nitrogens with two attached hydrogens (primary N) is 1. The largest absolute Gasteiger partial charge is 0.490 e. The number of fused-ring (bicyclic) bond motifs is 1. The van der Waals surface area contributed by atoms with E-state index in [0.717, 1.165) is 36.6 Å². The van der Waals surface area contributed by atoms with Gasteiger partial charge in [-0.2, -0.15) is 0 Å². The number of nitrogens with one attached hydrogen (secondary N) is 1. The molecule has 0 spiro atoms. The number of aromatic nitrogens is 1. The van der Waals surface area contributed by atoms with Crippen LogP contribution in [0.3, 0.4) is 0 Å². The standard InChI is InChI=1S/C21H27N5O2/c1-26-9-7-16(20(26)15-4-2-8-23-13-15)14-24-21(22)25-17-5-6-18-19(12-17)28-11-3-10-27-18/h2,4-6,8,12-13,16,20H,3,7,9-11,14H2,1H3,(H3,22,24,25)/t16-,20-/m0/s1. The Kier molecular flexibility index (Phi) is 5.62. The number of hydrogen-bond acceptors (Lipinski definition) is 5. The van der Waals surface area contributed by atoms with Crippen LogP contribution in [0.5, 0.6) is 11.5 Å². The fourth-order valence-electron chi connectivity index (χ4n) is 3.94. The molecule has 4 rings (SSSR count). The average molecular weight is 381 g/mol. The van der Waals surface area contributed by atoms with Crippen LogP contribution < -0.4 is 20.5 Å². The van der Waals surface area contributed by atoms with E-state index in [1.165, 1.54) is 5.56 Å². The Hall–Kier alpha value is -2.80. The molecule has 0 unspecified atom stereocenters. The maximum absolute atomic E-state index is 6.15. The molecule has 7 nitrogen and oxygen atoms in total. The third-order valence-corrected chi connectivity index (χ3v) is 5.32. The van der Waals surface area contributed by atoms with Gasteiger partial charge in [0.15, 0.2) is 17.5 Å². The maximum Gasteiger partial charge on any atom is 0.193 e.